The lowest BCUT2D eigenvalue weighted by molar-refractivity contribution is -0.278. The normalized spacial score (nSPS) is 17.7. The fourth-order valence-electron chi connectivity index (χ4n) is 4.36. The molecule has 3 N–H and O–H groups in total. The molecule has 0 aliphatic carbocycles. The average molecular weight is 522 g/mol. The smallest absolute Gasteiger partial charge is 0.423 e. The maximum Gasteiger partial charge on any atom is 0.423 e. The first-order chi connectivity index (χ1) is 17.1. The highest BCUT2D eigenvalue weighted by Crippen LogP contribution is 2.43. The summed E-state index contributed by atoms with van der Waals surface area (Å²) >= 11 is 0. The number of rotatable bonds is 5. The zero-order valence-corrected chi connectivity index (χ0v) is 20.7. The highest BCUT2D eigenvalue weighted by molar-refractivity contribution is 6.05. The van der Waals surface area contributed by atoms with E-state index in [4.69, 9.17) is 4.74 Å². The van der Waals surface area contributed by atoms with Gasteiger partial charge >= 0.3 is 6.18 Å². The Kier molecular flexibility index (Phi) is 6.32. The van der Waals surface area contributed by atoms with Gasteiger partial charge in [0.1, 0.15) is 23.2 Å². The number of aryl methyl sites for hydroxylation is 1. The van der Waals surface area contributed by atoms with E-state index in [2.05, 4.69) is 15.3 Å². The van der Waals surface area contributed by atoms with Crippen LogP contribution >= 0.6 is 0 Å². The van der Waals surface area contributed by atoms with Gasteiger partial charge in [-0.2, -0.15) is 13.2 Å². The van der Waals surface area contributed by atoms with Crippen LogP contribution in [0.2, 0.25) is 0 Å². The van der Waals surface area contributed by atoms with E-state index in [1.54, 1.807) is 40.0 Å². The van der Waals surface area contributed by atoms with E-state index >= 15 is 4.39 Å². The van der Waals surface area contributed by atoms with Crippen LogP contribution in [-0.2, 0) is 10.4 Å². The van der Waals surface area contributed by atoms with Crippen molar-refractivity contribution in [3.05, 3.63) is 53.1 Å². The van der Waals surface area contributed by atoms with E-state index in [0.717, 1.165) is 12.1 Å². The lowest BCUT2D eigenvalue weighted by atomic mass is 9.90. The third kappa shape index (κ3) is 4.33. The fourth-order valence-corrected chi connectivity index (χ4v) is 4.36. The van der Waals surface area contributed by atoms with Gasteiger partial charge in [-0.25, -0.2) is 14.4 Å². The minimum absolute atomic E-state index is 0.187. The summed E-state index contributed by atoms with van der Waals surface area (Å²) in [6.07, 6.45) is -5.31. The Bertz CT molecular complexity index is 1400. The van der Waals surface area contributed by atoms with Crippen LogP contribution in [0.5, 0.6) is 5.75 Å². The molecule has 0 saturated carbocycles. The van der Waals surface area contributed by atoms with Gasteiger partial charge < -0.3 is 25.2 Å². The molecule has 1 aliphatic rings. The molecular weight excluding hydrogens is 496 g/mol. The van der Waals surface area contributed by atoms with Crippen LogP contribution in [0, 0.1) is 12.7 Å². The van der Waals surface area contributed by atoms with Gasteiger partial charge in [0.05, 0.1) is 23.9 Å². The maximum atomic E-state index is 15.3. The molecule has 8 nitrogen and oxygen atoms in total. The van der Waals surface area contributed by atoms with Crippen molar-refractivity contribution in [1.82, 2.24) is 9.97 Å². The second-order valence-electron chi connectivity index (χ2n) is 9.52. The fraction of sp³-hybridized carbons (Fsp3) is 0.400. The average Bonchev–Trinajstić information content (AvgIpc) is 2.80. The first-order valence-corrected chi connectivity index (χ1v) is 11.4. The maximum absolute atomic E-state index is 15.3. The number of nitrogens with one attached hydrogen (secondary N) is 1. The van der Waals surface area contributed by atoms with E-state index < -0.39 is 41.4 Å². The van der Waals surface area contributed by atoms with Crippen molar-refractivity contribution in [1.29, 1.82) is 0 Å². The lowest BCUT2D eigenvalue weighted by Crippen LogP contribution is -2.50. The molecule has 0 unspecified atom stereocenters. The SMILES string of the molecule is Cc1nc(N[C@H](C)c2cccc([C@](O)(CO)C(F)(F)F)c2F)c2cc3c(cc2n1)OC(C)(C)C(=O)N3C. The Morgan fingerprint density at radius 1 is 1.22 bits per heavy atom. The van der Waals surface area contributed by atoms with Crippen molar-refractivity contribution < 1.29 is 37.3 Å². The number of nitrogens with zero attached hydrogens (tertiary/aromatic N) is 3. The number of hydrogen-bond acceptors (Lipinski definition) is 7. The summed E-state index contributed by atoms with van der Waals surface area (Å²) in [5.41, 5.74) is -5.19. The molecule has 0 saturated heterocycles. The highest BCUT2D eigenvalue weighted by Gasteiger charge is 2.56. The van der Waals surface area contributed by atoms with Gasteiger partial charge in [-0.05, 0) is 33.8 Å². The largest absolute Gasteiger partial charge is 0.476 e. The van der Waals surface area contributed by atoms with Crippen LogP contribution in [0.4, 0.5) is 29.1 Å². The third-order valence-electron chi connectivity index (χ3n) is 6.43. The molecular formula is C25H26F4N4O4. The number of aromatic nitrogens is 2. The van der Waals surface area contributed by atoms with Crippen LogP contribution in [0.3, 0.4) is 0 Å². The molecule has 1 aliphatic heterocycles. The molecule has 1 amide bonds. The topological polar surface area (TPSA) is 108 Å². The summed E-state index contributed by atoms with van der Waals surface area (Å²) in [5, 5.41) is 22.8. The van der Waals surface area contributed by atoms with Crippen LogP contribution in [-0.4, -0.2) is 51.5 Å². The number of aliphatic hydroxyl groups excluding tert-OH is 1. The van der Waals surface area contributed by atoms with Crippen LogP contribution < -0.4 is 15.0 Å². The highest BCUT2D eigenvalue weighted by atomic mass is 19.4. The number of alkyl halides is 3. The Morgan fingerprint density at radius 3 is 2.51 bits per heavy atom. The number of hydrogen-bond donors (Lipinski definition) is 3. The summed E-state index contributed by atoms with van der Waals surface area (Å²) in [6.45, 7) is 4.71. The predicted octanol–water partition coefficient (Wildman–Crippen LogP) is 4.13. The van der Waals surface area contributed by atoms with Crippen molar-refractivity contribution in [2.24, 2.45) is 0 Å². The molecule has 12 heteroatoms. The minimum Gasteiger partial charge on any atom is -0.476 e. The molecule has 4 rings (SSSR count). The van der Waals surface area contributed by atoms with Crippen molar-refractivity contribution in [3.63, 3.8) is 0 Å². The summed E-state index contributed by atoms with van der Waals surface area (Å²) < 4.78 is 61.6. The summed E-state index contributed by atoms with van der Waals surface area (Å²) in [7, 11) is 1.60. The van der Waals surface area contributed by atoms with Gasteiger partial charge in [-0.15, -0.1) is 0 Å². The van der Waals surface area contributed by atoms with Crippen molar-refractivity contribution in [3.8, 4) is 5.75 Å². The first-order valence-electron chi connectivity index (χ1n) is 11.4. The van der Waals surface area contributed by atoms with Crippen LogP contribution in [0.1, 0.15) is 43.8 Å². The number of aliphatic hydroxyl groups is 2. The number of carbonyl (C=O) groups excluding carboxylic acids is 1. The molecule has 2 atom stereocenters. The molecule has 3 aromatic rings. The van der Waals surface area contributed by atoms with Crippen molar-refractivity contribution in [2.45, 2.75) is 51.1 Å². The van der Waals surface area contributed by atoms with Crippen molar-refractivity contribution in [2.75, 3.05) is 23.9 Å². The Hall–Kier alpha value is -3.51. The second-order valence-corrected chi connectivity index (χ2v) is 9.52. The van der Waals surface area contributed by atoms with E-state index in [0.29, 0.717) is 28.2 Å². The summed E-state index contributed by atoms with van der Waals surface area (Å²) in [4.78, 5) is 22.9. The number of amides is 1. The molecule has 37 heavy (non-hydrogen) atoms. The monoisotopic (exact) mass is 522 g/mol. The first kappa shape index (κ1) is 26.6. The number of benzene rings is 2. The zero-order chi connectivity index (χ0) is 27.5. The second kappa shape index (κ2) is 8.80. The summed E-state index contributed by atoms with van der Waals surface area (Å²) in [5.74, 6) is -0.532. The predicted molar refractivity (Wildman–Crippen MR) is 128 cm³/mol. The number of halogens is 4. The Labute approximate surface area is 209 Å². The van der Waals surface area contributed by atoms with E-state index in [9.17, 15) is 28.2 Å². The number of fused-ring (bicyclic) bond motifs is 2. The van der Waals surface area contributed by atoms with Crippen LogP contribution in [0.15, 0.2) is 30.3 Å². The van der Waals surface area contributed by atoms with E-state index in [1.165, 1.54) is 17.9 Å². The molecule has 1 aromatic heterocycles. The number of anilines is 2. The lowest BCUT2D eigenvalue weighted by Gasteiger charge is -2.37. The number of carbonyl (C=O) groups is 1. The van der Waals surface area contributed by atoms with Crippen molar-refractivity contribution >= 4 is 28.3 Å². The van der Waals surface area contributed by atoms with E-state index in [-0.39, 0.29) is 17.3 Å². The Balaban J connectivity index is 1.78. The molecule has 198 valence electrons. The number of likely N-dealkylation sites (N-methyl/N-ethyl adjacent to an activating group) is 1. The van der Waals surface area contributed by atoms with E-state index in [1.807, 2.05) is 0 Å². The van der Waals surface area contributed by atoms with Gasteiger partial charge in [0.25, 0.3) is 5.91 Å². The third-order valence-corrected chi connectivity index (χ3v) is 6.43. The molecule has 0 fully saturated rings. The van der Waals surface area contributed by atoms with Crippen LogP contribution in [0.25, 0.3) is 10.9 Å². The molecule has 2 heterocycles. The molecule has 0 bridgehead atoms. The van der Waals surface area contributed by atoms with Gasteiger partial charge in [0.2, 0.25) is 5.60 Å². The standard InChI is InChI=1S/C25H26F4N4O4/c1-12(14-7-6-8-16(20(14)26)24(36,11-34)25(27,28)29)30-21-15-9-18-19(10-17(15)31-13(2)32-21)37-23(3,4)22(35)33(18)5/h6-10,12,34,36H,11H2,1-5H3,(H,30,31,32)/t12-,24-/m1/s1. The molecule has 2 aromatic carbocycles. The van der Waals surface area contributed by atoms with Gasteiger partial charge in [0.15, 0.2) is 5.60 Å². The van der Waals surface area contributed by atoms with Gasteiger partial charge in [0, 0.05) is 29.6 Å². The molecule has 0 radical (unpaired) electrons. The molecule has 0 spiro atoms. The number of ether oxygens (including phenoxy) is 1. The zero-order valence-electron chi connectivity index (χ0n) is 20.7. The van der Waals surface area contributed by atoms with Gasteiger partial charge in [-0.1, -0.05) is 18.2 Å². The quantitative estimate of drug-likeness (QED) is 0.433. The minimum atomic E-state index is -5.31. The van der Waals surface area contributed by atoms with Gasteiger partial charge in [-0.3, -0.25) is 4.79 Å². The summed E-state index contributed by atoms with van der Waals surface area (Å²) in [6, 6.07) is 5.60. The Morgan fingerprint density at radius 2 is 1.89 bits per heavy atom.